The molecule has 0 fully saturated rings. The lowest BCUT2D eigenvalue weighted by atomic mass is 10.1. The number of anilines is 1. The van der Waals surface area contributed by atoms with Gasteiger partial charge in [0.2, 0.25) is 15.9 Å². The quantitative estimate of drug-likeness (QED) is 0.453. The highest BCUT2D eigenvalue weighted by Crippen LogP contribution is 2.27. The first-order valence-electron chi connectivity index (χ1n) is 9.24. The van der Waals surface area contributed by atoms with Gasteiger partial charge in [0.05, 0.1) is 24.0 Å². The molecule has 0 aromatic heterocycles. The second-order valence-corrected chi connectivity index (χ2v) is 8.70. The van der Waals surface area contributed by atoms with Gasteiger partial charge in [-0.15, -0.1) is 0 Å². The first kappa shape index (κ1) is 23.1. The molecule has 0 unspecified atom stereocenters. The summed E-state index contributed by atoms with van der Waals surface area (Å²) in [7, 11) is -2.10. The van der Waals surface area contributed by atoms with E-state index in [9.17, 15) is 23.3 Å². The Bertz CT molecular complexity index is 1010. The van der Waals surface area contributed by atoms with Crippen LogP contribution in [-0.2, 0) is 21.4 Å². The Morgan fingerprint density at radius 3 is 2.43 bits per heavy atom. The summed E-state index contributed by atoms with van der Waals surface area (Å²) in [4.78, 5) is 22.6. The number of carbonyl (C=O) groups excluding carboxylic acids is 1. The smallest absolute Gasteiger partial charge is 0.271 e. The summed E-state index contributed by atoms with van der Waals surface area (Å²) in [5, 5.41) is 13.8. The molecule has 1 amide bonds. The Hall–Kier alpha value is -3.14. The number of sulfonamides is 1. The molecule has 0 spiro atoms. The Kier molecular flexibility index (Phi) is 7.76. The number of benzene rings is 2. The highest BCUT2D eigenvalue weighted by molar-refractivity contribution is 7.92. The molecule has 0 aliphatic carbocycles. The van der Waals surface area contributed by atoms with Gasteiger partial charge in [-0.25, -0.2) is 8.42 Å². The van der Waals surface area contributed by atoms with Crippen LogP contribution in [0.1, 0.15) is 24.0 Å². The van der Waals surface area contributed by atoms with E-state index in [2.05, 4.69) is 5.32 Å². The van der Waals surface area contributed by atoms with Gasteiger partial charge in [0.1, 0.15) is 5.75 Å². The molecule has 162 valence electrons. The first-order valence-corrected chi connectivity index (χ1v) is 11.1. The minimum atomic E-state index is -3.68. The van der Waals surface area contributed by atoms with E-state index in [0.717, 1.165) is 21.9 Å². The summed E-state index contributed by atoms with van der Waals surface area (Å²) in [6.07, 6.45) is 1.43. The molecule has 0 saturated carbocycles. The van der Waals surface area contributed by atoms with Crippen molar-refractivity contribution in [2.75, 3.05) is 24.2 Å². The van der Waals surface area contributed by atoms with Crippen LogP contribution in [0, 0.1) is 17.0 Å². The number of nitro benzene ring substituents is 1. The van der Waals surface area contributed by atoms with Crippen molar-refractivity contribution in [2.45, 2.75) is 26.3 Å². The molecule has 2 aromatic carbocycles. The van der Waals surface area contributed by atoms with Gasteiger partial charge in [-0.2, -0.15) is 0 Å². The van der Waals surface area contributed by atoms with Crippen molar-refractivity contribution in [3.8, 4) is 5.75 Å². The van der Waals surface area contributed by atoms with E-state index in [1.54, 1.807) is 26.2 Å². The third kappa shape index (κ3) is 6.45. The molecule has 9 nitrogen and oxygen atoms in total. The first-order chi connectivity index (χ1) is 14.1. The number of amides is 1. The number of rotatable bonds is 10. The van der Waals surface area contributed by atoms with Crippen LogP contribution in [0.25, 0.3) is 0 Å². The van der Waals surface area contributed by atoms with Crippen molar-refractivity contribution in [1.29, 1.82) is 0 Å². The minimum absolute atomic E-state index is 0.0385. The van der Waals surface area contributed by atoms with Crippen molar-refractivity contribution in [1.82, 2.24) is 5.32 Å². The van der Waals surface area contributed by atoms with Crippen molar-refractivity contribution < 1.29 is 22.9 Å². The largest absolute Gasteiger partial charge is 0.497 e. The Labute approximate surface area is 175 Å². The van der Waals surface area contributed by atoms with Gasteiger partial charge in [-0.05, 0) is 36.6 Å². The zero-order chi connectivity index (χ0) is 22.3. The number of aryl methyl sites for hydroxylation is 1. The topological polar surface area (TPSA) is 119 Å². The standard InChI is InChI=1S/C20H25N3O6S/c1-15-6-9-17(23(25)26)13-19(15)22(30(3,27)28)12-4-5-20(24)21-14-16-7-10-18(29-2)11-8-16/h6-11,13H,4-5,12,14H2,1-3H3,(H,21,24). The van der Waals surface area contributed by atoms with Crippen LogP contribution in [0.2, 0.25) is 0 Å². The molecule has 30 heavy (non-hydrogen) atoms. The predicted octanol–water partition coefficient (Wildman–Crippen LogP) is 2.77. The van der Waals surface area contributed by atoms with Crippen molar-refractivity contribution >= 4 is 27.3 Å². The zero-order valence-electron chi connectivity index (χ0n) is 17.1. The lowest BCUT2D eigenvalue weighted by molar-refractivity contribution is -0.384. The number of hydrogen-bond donors (Lipinski definition) is 1. The maximum absolute atomic E-state index is 12.2. The summed E-state index contributed by atoms with van der Waals surface area (Å²) in [6.45, 7) is 2.07. The van der Waals surface area contributed by atoms with E-state index in [-0.39, 0.29) is 36.7 Å². The number of ether oxygens (including phenoxy) is 1. The second kappa shape index (κ2) is 10.1. The average molecular weight is 436 g/mol. The third-order valence-electron chi connectivity index (χ3n) is 4.49. The van der Waals surface area contributed by atoms with Crippen LogP contribution >= 0.6 is 0 Å². The van der Waals surface area contributed by atoms with Crippen molar-refractivity contribution in [3.63, 3.8) is 0 Å². The molecule has 0 saturated heterocycles. The summed E-state index contributed by atoms with van der Waals surface area (Å²) in [5.41, 5.74) is 1.55. The maximum atomic E-state index is 12.2. The number of nitro groups is 1. The Balaban J connectivity index is 1.97. The third-order valence-corrected chi connectivity index (χ3v) is 5.67. The van der Waals surface area contributed by atoms with Gasteiger partial charge in [-0.3, -0.25) is 19.2 Å². The predicted molar refractivity (Wildman–Crippen MR) is 114 cm³/mol. The number of methoxy groups -OCH3 is 1. The summed E-state index contributed by atoms with van der Waals surface area (Å²) in [6, 6.07) is 11.4. The highest BCUT2D eigenvalue weighted by atomic mass is 32.2. The van der Waals surface area contributed by atoms with Crippen LogP contribution in [0.4, 0.5) is 11.4 Å². The van der Waals surface area contributed by atoms with E-state index in [4.69, 9.17) is 4.74 Å². The number of nitrogens with one attached hydrogen (secondary N) is 1. The van der Waals surface area contributed by atoms with Gasteiger partial charge in [-0.1, -0.05) is 18.2 Å². The maximum Gasteiger partial charge on any atom is 0.271 e. The van der Waals surface area contributed by atoms with Crippen LogP contribution in [0.3, 0.4) is 0 Å². The lowest BCUT2D eigenvalue weighted by Crippen LogP contribution is -2.32. The molecule has 0 heterocycles. The van der Waals surface area contributed by atoms with Crippen molar-refractivity contribution in [3.05, 3.63) is 63.7 Å². The van der Waals surface area contributed by atoms with Crippen LogP contribution < -0.4 is 14.4 Å². The Morgan fingerprint density at radius 2 is 1.87 bits per heavy atom. The molecule has 0 atom stereocenters. The highest BCUT2D eigenvalue weighted by Gasteiger charge is 2.22. The molecule has 10 heteroatoms. The summed E-state index contributed by atoms with van der Waals surface area (Å²) in [5.74, 6) is 0.511. The molecular formula is C20H25N3O6S. The van der Waals surface area contributed by atoms with Crippen molar-refractivity contribution in [2.24, 2.45) is 0 Å². The van der Waals surface area contributed by atoms with Gasteiger partial charge < -0.3 is 10.1 Å². The molecule has 0 aliphatic heterocycles. The zero-order valence-corrected chi connectivity index (χ0v) is 17.9. The number of hydrogen-bond acceptors (Lipinski definition) is 6. The van der Waals surface area contributed by atoms with Crippen LogP contribution in [0.15, 0.2) is 42.5 Å². The lowest BCUT2D eigenvalue weighted by Gasteiger charge is -2.24. The second-order valence-electron chi connectivity index (χ2n) is 6.79. The van der Waals surface area contributed by atoms with E-state index >= 15 is 0 Å². The van der Waals surface area contributed by atoms with Gasteiger partial charge in [0, 0.05) is 31.6 Å². The van der Waals surface area contributed by atoms with Gasteiger partial charge in [0.25, 0.3) is 5.69 Å². The van der Waals surface area contributed by atoms with Crippen LogP contribution in [0.5, 0.6) is 5.75 Å². The van der Waals surface area contributed by atoms with Gasteiger partial charge in [0.15, 0.2) is 0 Å². The van der Waals surface area contributed by atoms with Gasteiger partial charge >= 0.3 is 0 Å². The normalized spacial score (nSPS) is 11.0. The fourth-order valence-electron chi connectivity index (χ4n) is 2.86. The number of carbonyl (C=O) groups is 1. The minimum Gasteiger partial charge on any atom is -0.497 e. The number of non-ortho nitro benzene ring substituents is 1. The van der Waals surface area contributed by atoms with E-state index in [0.29, 0.717) is 12.1 Å². The molecular weight excluding hydrogens is 410 g/mol. The summed E-state index contributed by atoms with van der Waals surface area (Å²) >= 11 is 0. The Morgan fingerprint density at radius 1 is 1.20 bits per heavy atom. The molecule has 1 N–H and O–H groups in total. The van der Waals surface area contributed by atoms with E-state index in [1.807, 2.05) is 12.1 Å². The molecule has 0 aliphatic rings. The van der Waals surface area contributed by atoms with E-state index in [1.165, 1.54) is 18.2 Å². The fraction of sp³-hybridized carbons (Fsp3) is 0.350. The molecule has 2 rings (SSSR count). The average Bonchev–Trinajstić information content (AvgIpc) is 2.69. The van der Waals surface area contributed by atoms with Crippen LogP contribution in [-0.4, -0.2) is 39.2 Å². The SMILES string of the molecule is COc1ccc(CNC(=O)CCCN(c2cc([N+](=O)[O-])ccc2C)S(C)(=O)=O)cc1. The molecule has 0 radical (unpaired) electrons. The summed E-state index contributed by atoms with van der Waals surface area (Å²) < 4.78 is 30.7. The molecule has 0 bridgehead atoms. The molecule has 2 aromatic rings. The monoisotopic (exact) mass is 435 g/mol. The fourth-order valence-corrected chi connectivity index (χ4v) is 3.88. The number of nitrogens with zero attached hydrogens (tertiary/aromatic N) is 2. The van der Waals surface area contributed by atoms with E-state index < -0.39 is 14.9 Å².